The van der Waals surface area contributed by atoms with E-state index in [-0.39, 0.29) is 18.3 Å². The molecule has 0 aliphatic carbocycles. The number of halogens is 1. The zero-order valence-electron chi connectivity index (χ0n) is 11.1. The number of amides is 1. The first-order valence-electron chi connectivity index (χ1n) is 6.30. The number of methoxy groups -OCH3 is 1. The smallest absolute Gasteiger partial charge is 0.220 e. The number of hydrogen-bond donors (Lipinski definition) is 2. The van der Waals surface area contributed by atoms with Gasteiger partial charge in [-0.2, -0.15) is 0 Å². The molecule has 1 unspecified atom stereocenters. The molecule has 0 saturated heterocycles. The Labute approximate surface area is 112 Å². The number of nitrogens with one attached hydrogen (secondary N) is 1. The van der Waals surface area contributed by atoms with Crippen LogP contribution in [0.4, 0.5) is 4.39 Å². The molecule has 0 aromatic heterocycles. The van der Waals surface area contributed by atoms with E-state index in [1.807, 2.05) is 0 Å². The van der Waals surface area contributed by atoms with Crippen LogP contribution >= 0.6 is 0 Å². The van der Waals surface area contributed by atoms with Crippen molar-refractivity contribution in [3.05, 3.63) is 35.6 Å². The van der Waals surface area contributed by atoms with Crippen LogP contribution in [-0.4, -0.2) is 37.4 Å². The third-order valence-electron chi connectivity index (χ3n) is 2.69. The molecule has 0 bridgehead atoms. The van der Waals surface area contributed by atoms with Gasteiger partial charge in [-0.3, -0.25) is 4.79 Å². The van der Waals surface area contributed by atoms with Crippen molar-refractivity contribution in [2.24, 2.45) is 0 Å². The summed E-state index contributed by atoms with van der Waals surface area (Å²) >= 11 is 0. The summed E-state index contributed by atoms with van der Waals surface area (Å²) in [5.41, 5.74) is 0.801. The van der Waals surface area contributed by atoms with Crippen molar-refractivity contribution >= 4 is 5.91 Å². The molecule has 106 valence electrons. The highest BCUT2D eigenvalue weighted by molar-refractivity contribution is 5.76. The van der Waals surface area contributed by atoms with Crippen molar-refractivity contribution in [2.45, 2.75) is 25.4 Å². The highest BCUT2D eigenvalue weighted by atomic mass is 19.1. The summed E-state index contributed by atoms with van der Waals surface area (Å²) in [6.07, 6.45) is 0.710. The van der Waals surface area contributed by atoms with E-state index in [4.69, 9.17) is 4.74 Å². The van der Waals surface area contributed by atoms with Crippen LogP contribution in [0, 0.1) is 5.82 Å². The monoisotopic (exact) mass is 269 g/mol. The Morgan fingerprint density at radius 1 is 1.53 bits per heavy atom. The van der Waals surface area contributed by atoms with Crippen LogP contribution in [0.3, 0.4) is 0 Å². The van der Waals surface area contributed by atoms with Crippen molar-refractivity contribution in [1.82, 2.24) is 5.32 Å². The second-order valence-corrected chi connectivity index (χ2v) is 4.38. The minimum Gasteiger partial charge on any atom is -0.391 e. The van der Waals surface area contributed by atoms with Gasteiger partial charge in [-0.1, -0.05) is 12.1 Å². The molecule has 1 atom stereocenters. The fourth-order valence-electron chi connectivity index (χ4n) is 1.69. The summed E-state index contributed by atoms with van der Waals surface area (Å²) < 4.78 is 17.7. The van der Waals surface area contributed by atoms with Gasteiger partial charge in [-0.15, -0.1) is 0 Å². The van der Waals surface area contributed by atoms with Gasteiger partial charge in [0, 0.05) is 20.1 Å². The lowest BCUT2D eigenvalue weighted by Gasteiger charge is -2.10. The number of carbonyl (C=O) groups is 1. The molecule has 5 heteroatoms. The summed E-state index contributed by atoms with van der Waals surface area (Å²) in [7, 11) is 1.51. The minimum atomic E-state index is -0.562. The van der Waals surface area contributed by atoms with E-state index in [0.29, 0.717) is 25.8 Å². The van der Waals surface area contributed by atoms with Crippen molar-refractivity contribution in [2.75, 3.05) is 20.3 Å². The minimum absolute atomic E-state index is 0.103. The van der Waals surface area contributed by atoms with Gasteiger partial charge in [-0.05, 0) is 30.5 Å². The quantitative estimate of drug-likeness (QED) is 0.747. The molecule has 19 heavy (non-hydrogen) atoms. The average Bonchev–Trinajstić information content (AvgIpc) is 2.37. The number of hydrogen-bond acceptors (Lipinski definition) is 3. The molecule has 1 amide bonds. The lowest BCUT2D eigenvalue weighted by atomic mass is 10.1. The highest BCUT2D eigenvalue weighted by Crippen LogP contribution is 2.06. The first-order valence-corrected chi connectivity index (χ1v) is 6.30. The maximum Gasteiger partial charge on any atom is 0.220 e. The van der Waals surface area contributed by atoms with Crippen LogP contribution in [0.5, 0.6) is 0 Å². The fraction of sp³-hybridized carbons (Fsp3) is 0.500. The largest absolute Gasteiger partial charge is 0.391 e. The highest BCUT2D eigenvalue weighted by Gasteiger charge is 2.06. The number of carbonyl (C=O) groups excluding carboxylic acids is 1. The van der Waals surface area contributed by atoms with Gasteiger partial charge in [-0.25, -0.2) is 4.39 Å². The number of benzene rings is 1. The molecule has 0 fully saturated rings. The van der Waals surface area contributed by atoms with Crippen molar-refractivity contribution in [1.29, 1.82) is 0 Å². The third-order valence-corrected chi connectivity index (χ3v) is 2.69. The predicted octanol–water partition coefficient (Wildman–Crippen LogP) is 1.27. The Hall–Kier alpha value is -1.46. The Morgan fingerprint density at radius 3 is 3.00 bits per heavy atom. The Balaban J connectivity index is 2.18. The first kappa shape index (κ1) is 15.6. The molecule has 0 heterocycles. The van der Waals surface area contributed by atoms with E-state index < -0.39 is 6.10 Å². The summed E-state index contributed by atoms with van der Waals surface area (Å²) in [6.45, 7) is 0.672. The zero-order chi connectivity index (χ0) is 14.1. The summed E-state index contributed by atoms with van der Waals surface area (Å²) in [4.78, 5) is 11.5. The average molecular weight is 269 g/mol. The van der Waals surface area contributed by atoms with Gasteiger partial charge in [0.2, 0.25) is 5.91 Å². The number of aliphatic hydroxyl groups excluding tert-OH is 1. The topological polar surface area (TPSA) is 58.6 Å². The second-order valence-electron chi connectivity index (χ2n) is 4.38. The Kier molecular flexibility index (Phi) is 7.07. The lowest BCUT2D eigenvalue weighted by Crippen LogP contribution is -2.28. The molecule has 0 saturated carbocycles. The fourth-order valence-corrected chi connectivity index (χ4v) is 1.69. The van der Waals surface area contributed by atoms with Crippen LogP contribution in [0.2, 0.25) is 0 Å². The second kappa shape index (κ2) is 8.61. The van der Waals surface area contributed by atoms with Gasteiger partial charge in [0.05, 0.1) is 12.7 Å². The molecule has 0 aliphatic rings. The molecule has 0 aliphatic heterocycles. The predicted molar refractivity (Wildman–Crippen MR) is 70.2 cm³/mol. The number of rotatable bonds is 8. The Bertz CT molecular complexity index is 398. The van der Waals surface area contributed by atoms with Gasteiger partial charge in [0.1, 0.15) is 5.82 Å². The van der Waals surface area contributed by atoms with Crippen LogP contribution in [0.15, 0.2) is 24.3 Å². The van der Waals surface area contributed by atoms with Crippen molar-refractivity contribution < 1.29 is 19.0 Å². The SMILES string of the molecule is COCC(O)CCNC(=O)CCc1cccc(F)c1. The third kappa shape index (κ3) is 6.88. The molecule has 4 nitrogen and oxygen atoms in total. The molecule has 0 spiro atoms. The first-order chi connectivity index (χ1) is 9.11. The molecular formula is C14H20FNO3. The van der Waals surface area contributed by atoms with Crippen molar-refractivity contribution in [3.63, 3.8) is 0 Å². The lowest BCUT2D eigenvalue weighted by molar-refractivity contribution is -0.121. The van der Waals surface area contributed by atoms with E-state index in [0.717, 1.165) is 5.56 Å². The van der Waals surface area contributed by atoms with E-state index in [1.54, 1.807) is 12.1 Å². The Morgan fingerprint density at radius 2 is 2.32 bits per heavy atom. The van der Waals surface area contributed by atoms with Crippen LogP contribution in [0.25, 0.3) is 0 Å². The number of ether oxygens (including phenoxy) is 1. The molecule has 1 aromatic carbocycles. The maximum absolute atomic E-state index is 12.9. The maximum atomic E-state index is 12.9. The summed E-state index contributed by atoms with van der Waals surface area (Å²) in [5, 5.41) is 12.1. The number of aryl methyl sites for hydroxylation is 1. The van der Waals surface area contributed by atoms with Crippen molar-refractivity contribution in [3.8, 4) is 0 Å². The molecular weight excluding hydrogens is 249 g/mol. The van der Waals surface area contributed by atoms with Gasteiger partial charge in [0.15, 0.2) is 0 Å². The molecule has 0 radical (unpaired) electrons. The molecule has 2 N–H and O–H groups in total. The normalized spacial score (nSPS) is 12.2. The summed E-state index contributed by atoms with van der Waals surface area (Å²) in [6, 6.07) is 6.22. The number of aliphatic hydroxyl groups is 1. The standard InChI is InChI=1S/C14H20FNO3/c1-19-10-13(17)7-8-16-14(18)6-5-11-3-2-4-12(15)9-11/h2-4,9,13,17H,5-8,10H2,1H3,(H,16,18). The van der Waals surface area contributed by atoms with Crippen LogP contribution in [0.1, 0.15) is 18.4 Å². The van der Waals surface area contributed by atoms with E-state index in [1.165, 1.54) is 19.2 Å². The van der Waals surface area contributed by atoms with Crippen LogP contribution < -0.4 is 5.32 Å². The van der Waals surface area contributed by atoms with E-state index >= 15 is 0 Å². The molecule has 1 aromatic rings. The van der Waals surface area contributed by atoms with E-state index in [9.17, 15) is 14.3 Å². The van der Waals surface area contributed by atoms with Gasteiger partial charge < -0.3 is 15.2 Å². The van der Waals surface area contributed by atoms with Gasteiger partial charge in [0.25, 0.3) is 0 Å². The summed E-state index contributed by atoms with van der Waals surface area (Å²) in [5.74, 6) is -0.394. The molecule has 1 rings (SSSR count). The van der Waals surface area contributed by atoms with E-state index in [2.05, 4.69) is 5.32 Å². The van der Waals surface area contributed by atoms with Gasteiger partial charge >= 0.3 is 0 Å². The van der Waals surface area contributed by atoms with Crippen LogP contribution in [-0.2, 0) is 16.0 Å². The zero-order valence-corrected chi connectivity index (χ0v) is 11.1.